The van der Waals surface area contributed by atoms with E-state index in [0.717, 1.165) is 23.4 Å². The highest BCUT2D eigenvalue weighted by atomic mass is 35.5. The van der Waals surface area contributed by atoms with Crippen molar-refractivity contribution in [2.45, 2.75) is 51.5 Å². The molecule has 21 heavy (non-hydrogen) atoms. The topological polar surface area (TPSA) is 41.6 Å². The number of halogens is 1. The molecule has 1 heterocycles. The second-order valence-corrected chi connectivity index (χ2v) is 6.82. The van der Waals surface area contributed by atoms with E-state index in [1.165, 1.54) is 25.7 Å². The van der Waals surface area contributed by atoms with Crippen LogP contribution in [0.2, 0.25) is 0 Å². The number of rotatable bonds is 4. The van der Waals surface area contributed by atoms with E-state index in [2.05, 4.69) is 22.5 Å². The van der Waals surface area contributed by atoms with E-state index in [1.54, 1.807) is 0 Å². The maximum Gasteiger partial charge on any atom is 0.127 e. The molecule has 0 saturated heterocycles. The summed E-state index contributed by atoms with van der Waals surface area (Å²) >= 11 is 6.34. The van der Waals surface area contributed by atoms with Crippen molar-refractivity contribution >= 4 is 22.6 Å². The number of alkyl halides is 1. The molecule has 0 radical (unpaired) electrons. The third-order valence-corrected chi connectivity index (χ3v) is 5.14. The van der Waals surface area contributed by atoms with E-state index in [-0.39, 0.29) is 5.38 Å². The number of hydrogen-bond acceptors (Lipinski definition) is 2. The first-order chi connectivity index (χ1) is 10.1. The van der Waals surface area contributed by atoms with Gasteiger partial charge in [-0.25, -0.2) is 4.98 Å². The van der Waals surface area contributed by atoms with Gasteiger partial charge in [-0.3, -0.25) is 0 Å². The Morgan fingerprint density at radius 2 is 2.24 bits per heavy atom. The molecule has 3 nitrogen and oxygen atoms in total. The number of para-hydroxylation sites is 1. The summed E-state index contributed by atoms with van der Waals surface area (Å²) in [6.45, 7) is 5.18. The molecule has 1 aliphatic carbocycles. The van der Waals surface area contributed by atoms with Crippen LogP contribution in [0.1, 0.15) is 56.3 Å². The van der Waals surface area contributed by atoms with Crippen LogP contribution in [0.5, 0.6) is 0 Å². The molecule has 1 fully saturated rings. The highest BCUT2D eigenvalue weighted by molar-refractivity contribution is 6.20. The van der Waals surface area contributed by atoms with Gasteiger partial charge in [-0.15, -0.1) is 11.6 Å². The molecule has 0 amide bonds. The number of benzene rings is 1. The number of nitriles is 1. The van der Waals surface area contributed by atoms with Crippen LogP contribution in [0, 0.1) is 16.7 Å². The van der Waals surface area contributed by atoms with Gasteiger partial charge >= 0.3 is 0 Å². The summed E-state index contributed by atoms with van der Waals surface area (Å²) < 4.78 is 2.25. The summed E-state index contributed by atoms with van der Waals surface area (Å²) in [5.41, 5.74) is 2.84. The molecule has 1 aromatic heterocycles. The molecule has 0 bridgehead atoms. The standard InChI is InChI=1S/C17H20ClN3/c1-3-17(8-5-9-17)11-21-14-7-4-6-13(10-19)15(14)20-16(21)12(2)18/h4,6-7,12H,3,5,8-9,11H2,1-2H3. The fraction of sp³-hybridized carbons (Fsp3) is 0.529. The molecule has 0 N–H and O–H groups in total. The first kappa shape index (κ1) is 14.4. The molecule has 1 aliphatic rings. The zero-order chi connectivity index (χ0) is 15.0. The minimum Gasteiger partial charge on any atom is -0.326 e. The average molecular weight is 302 g/mol. The van der Waals surface area contributed by atoms with Gasteiger partial charge in [-0.2, -0.15) is 5.26 Å². The summed E-state index contributed by atoms with van der Waals surface area (Å²) in [4.78, 5) is 4.67. The Labute approximate surface area is 130 Å². The van der Waals surface area contributed by atoms with Gasteiger partial charge in [-0.1, -0.05) is 19.4 Å². The van der Waals surface area contributed by atoms with Gasteiger partial charge in [0.2, 0.25) is 0 Å². The first-order valence-corrected chi connectivity index (χ1v) is 8.07. The fourth-order valence-corrected chi connectivity index (χ4v) is 3.53. The number of fused-ring (bicyclic) bond motifs is 1. The van der Waals surface area contributed by atoms with Crippen LogP contribution in [0.25, 0.3) is 11.0 Å². The van der Waals surface area contributed by atoms with Crippen molar-refractivity contribution < 1.29 is 0 Å². The Hall–Kier alpha value is -1.53. The quantitative estimate of drug-likeness (QED) is 0.762. The zero-order valence-corrected chi connectivity index (χ0v) is 13.3. The van der Waals surface area contributed by atoms with Crippen LogP contribution in [-0.2, 0) is 6.54 Å². The monoisotopic (exact) mass is 301 g/mol. The van der Waals surface area contributed by atoms with Crippen LogP contribution in [0.3, 0.4) is 0 Å². The number of imidazole rings is 1. The zero-order valence-electron chi connectivity index (χ0n) is 12.6. The SMILES string of the molecule is CCC1(Cn2c(C(C)Cl)nc3c(C#N)cccc32)CCC1. The summed E-state index contributed by atoms with van der Waals surface area (Å²) in [5.74, 6) is 0.883. The van der Waals surface area contributed by atoms with Gasteiger partial charge in [0, 0.05) is 6.54 Å². The maximum absolute atomic E-state index is 9.28. The number of hydrogen-bond donors (Lipinski definition) is 0. The molecule has 0 spiro atoms. The molecule has 2 aromatic rings. The molecule has 1 unspecified atom stereocenters. The number of nitrogens with zero attached hydrogens (tertiary/aromatic N) is 3. The van der Waals surface area contributed by atoms with Gasteiger partial charge < -0.3 is 4.57 Å². The van der Waals surface area contributed by atoms with E-state index in [9.17, 15) is 5.26 Å². The van der Waals surface area contributed by atoms with Crippen LogP contribution in [-0.4, -0.2) is 9.55 Å². The second kappa shape index (κ2) is 5.35. The largest absolute Gasteiger partial charge is 0.326 e. The van der Waals surface area contributed by atoms with Crippen LogP contribution >= 0.6 is 11.6 Å². The maximum atomic E-state index is 9.28. The third-order valence-electron chi connectivity index (χ3n) is 4.94. The Morgan fingerprint density at radius 1 is 1.48 bits per heavy atom. The van der Waals surface area contributed by atoms with Gasteiger partial charge in [0.05, 0.1) is 16.5 Å². The van der Waals surface area contributed by atoms with Crippen molar-refractivity contribution in [3.8, 4) is 6.07 Å². The normalized spacial score (nSPS) is 18.2. The Balaban J connectivity index is 2.15. The minimum atomic E-state index is -0.155. The van der Waals surface area contributed by atoms with Crippen molar-refractivity contribution in [1.82, 2.24) is 9.55 Å². The van der Waals surface area contributed by atoms with Crippen molar-refractivity contribution in [1.29, 1.82) is 5.26 Å². The highest BCUT2D eigenvalue weighted by Crippen LogP contribution is 2.46. The molecule has 1 aromatic carbocycles. The van der Waals surface area contributed by atoms with Gasteiger partial charge in [-0.05, 0) is 43.7 Å². The lowest BCUT2D eigenvalue weighted by Crippen LogP contribution is -2.34. The summed E-state index contributed by atoms with van der Waals surface area (Å²) in [6.07, 6.45) is 5.05. The molecular formula is C17H20ClN3. The summed E-state index contributed by atoms with van der Waals surface area (Å²) in [6, 6.07) is 8.04. The molecule has 110 valence electrons. The first-order valence-electron chi connectivity index (χ1n) is 7.63. The number of aromatic nitrogens is 2. The highest BCUT2D eigenvalue weighted by Gasteiger charge is 2.36. The van der Waals surface area contributed by atoms with E-state index in [4.69, 9.17) is 11.6 Å². The van der Waals surface area contributed by atoms with Gasteiger partial charge in [0.1, 0.15) is 17.4 Å². The van der Waals surface area contributed by atoms with E-state index >= 15 is 0 Å². The van der Waals surface area contributed by atoms with E-state index in [0.29, 0.717) is 11.0 Å². The molecule has 1 atom stereocenters. The second-order valence-electron chi connectivity index (χ2n) is 6.16. The van der Waals surface area contributed by atoms with Crippen molar-refractivity contribution in [2.75, 3.05) is 0 Å². The minimum absolute atomic E-state index is 0.155. The van der Waals surface area contributed by atoms with Crippen molar-refractivity contribution in [3.63, 3.8) is 0 Å². The molecule has 0 aliphatic heterocycles. The van der Waals surface area contributed by atoms with Gasteiger partial charge in [0.25, 0.3) is 0 Å². The fourth-order valence-electron chi connectivity index (χ4n) is 3.36. The van der Waals surface area contributed by atoms with Gasteiger partial charge in [0.15, 0.2) is 0 Å². The Bertz CT molecular complexity index is 699. The van der Waals surface area contributed by atoms with Crippen LogP contribution in [0.15, 0.2) is 18.2 Å². The molecule has 4 heteroatoms. The predicted octanol–water partition coefficient (Wildman–Crippen LogP) is 4.79. The lowest BCUT2D eigenvalue weighted by Gasteiger charge is -2.42. The smallest absolute Gasteiger partial charge is 0.127 e. The van der Waals surface area contributed by atoms with E-state index in [1.807, 2.05) is 25.1 Å². The molecule has 1 saturated carbocycles. The van der Waals surface area contributed by atoms with E-state index < -0.39 is 0 Å². The summed E-state index contributed by atoms with van der Waals surface area (Å²) in [7, 11) is 0. The van der Waals surface area contributed by atoms with Crippen molar-refractivity contribution in [2.24, 2.45) is 5.41 Å². The third kappa shape index (κ3) is 2.32. The molecular weight excluding hydrogens is 282 g/mol. The van der Waals surface area contributed by atoms with Crippen LogP contribution in [0.4, 0.5) is 0 Å². The molecule has 3 rings (SSSR count). The average Bonchev–Trinajstić information content (AvgIpc) is 2.81. The van der Waals surface area contributed by atoms with Crippen molar-refractivity contribution in [3.05, 3.63) is 29.6 Å². The Kier molecular flexibility index (Phi) is 3.67. The lowest BCUT2D eigenvalue weighted by molar-refractivity contribution is 0.101. The predicted molar refractivity (Wildman–Crippen MR) is 85.3 cm³/mol. The summed E-state index contributed by atoms with van der Waals surface area (Å²) in [5, 5.41) is 9.12. The van der Waals surface area contributed by atoms with Crippen LogP contribution < -0.4 is 0 Å². The lowest BCUT2D eigenvalue weighted by atomic mass is 9.67. The Morgan fingerprint density at radius 3 is 2.76 bits per heavy atom.